The van der Waals surface area contributed by atoms with Gasteiger partial charge in [0.25, 0.3) is 0 Å². The molecule has 6 nitrogen and oxygen atoms in total. The smallest absolute Gasteiger partial charge is 0.320 e. The highest BCUT2D eigenvalue weighted by molar-refractivity contribution is 5.79. The van der Waals surface area contributed by atoms with E-state index >= 15 is 0 Å². The zero-order chi connectivity index (χ0) is 22.1. The number of carboxylic acid groups (broad SMARTS) is 1. The summed E-state index contributed by atoms with van der Waals surface area (Å²) < 4.78 is 5.43. The summed E-state index contributed by atoms with van der Waals surface area (Å²) in [5, 5.41) is 9.37. The first-order valence-electron chi connectivity index (χ1n) is 12.5. The maximum Gasteiger partial charge on any atom is 0.320 e. The van der Waals surface area contributed by atoms with Gasteiger partial charge in [-0.1, -0.05) is 24.3 Å². The molecule has 1 saturated carbocycles. The second-order valence-corrected chi connectivity index (χ2v) is 10.3. The molecule has 32 heavy (non-hydrogen) atoms. The number of benzene rings is 1. The van der Waals surface area contributed by atoms with Crippen molar-refractivity contribution in [3.05, 3.63) is 35.4 Å². The second-order valence-electron chi connectivity index (χ2n) is 10.3. The van der Waals surface area contributed by atoms with Gasteiger partial charge in [0.15, 0.2) is 0 Å². The van der Waals surface area contributed by atoms with Crippen molar-refractivity contribution in [1.82, 2.24) is 9.80 Å². The molecule has 3 heterocycles. The number of carboxylic acids is 1. The number of amides is 1. The minimum Gasteiger partial charge on any atom is -0.480 e. The summed E-state index contributed by atoms with van der Waals surface area (Å²) >= 11 is 0. The molecular formula is C26H36N2O4. The van der Waals surface area contributed by atoms with Gasteiger partial charge >= 0.3 is 5.97 Å². The predicted octanol–water partition coefficient (Wildman–Crippen LogP) is 3.16. The number of fused-ring (bicyclic) bond motifs is 1. The van der Waals surface area contributed by atoms with Gasteiger partial charge in [-0.15, -0.1) is 0 Å². The zero-order valence-electron chi connectivity index (χ0n) is 19.0. The number of carbonyl (C=O) groups excluding carboxylic acids is 1. The third kappa shape index (κ3) is 4.44. The predicted molar refractivity (Wildman–Crippen MR) is 121 cm³/mol. The van der Waals surface area contributed by atoms with Crippen LogP contribution in [-0.2, 0) is 20.7 Å². The number of rotatable bonds is 6. The fraction of sp³-hybridized carbons (Fsp3) is 0.692. The summed E-state index contributed by atoms with van der Waals surface area (Å²) in [6.45, 7) is 5.01. The fourth-order valence-corrected chi connectivity index (χ4v) is 6.64. The van der Waals surface area contributed by atoms with Gasteiger partial charge < -0.3 is 14.7 Å². The third-order valence-corrected chi connectivity index (χ3v) is 8.48. The van der Waals surface area contributed by atoms with Gasteiger partial charge in [-0.25, -0.2) is 0 Å². The summed E-state index contributed by atoms with van der Waals surface area (Å²) in [5.41, 5.74) is 2.69. The molecule has 0 aromatic heterocycles. The van der Waals surface area contributed by atoms with Crippen molar-refractivity contribution in [1.29, 1.82) is 0 Å². The van der Waals surface area contributed by atoms with Crippen molar-refractivity contribution in [3.8, 4) is 0 Å². The molecule has 1 aromatic rings. The molecule has 6 heteroatoms. The molecule has 0 spiro atoms. The van der Waals surface area contributed by atoms with Gasteiger partial charge in [0.05, 0.1) is 0 Å². The first kappa shape index (κ1) is 21.9. The molecule has 1 aliphatic carbocycles. The molecule has 1 amide bonds. The van der Waals surface area contributed by atoms with Gasteiger partial charge in [-0.3, -0.25) is 14.5 Å². The van der Waals surface area contributed by atoms with Crippen LogP contribution in [-0.4, -0.2) is 72.2 Å². The average molecular weight is 441 g/mol. The summed E-state index contributed by atoms with van der Waals surface area (Å²) in [6, 6.07) is 8.72. The van der Waals surface area contributed by atoms with Crippen LogP contribution in [0.15, 0.2) is 24.3 Å². The van der Waals surface area contributed by atoms with Crippen LogP contribution < -0.4 is 0 Å². The van der Waals surface area contributed by atoms with Crippen LogP contribution in [0.25, 0.3) is 0 Å². The number of hydrogen-bond donors (Lipinski definition) is 1. The molecule has 174 valence electrons. The second kappa shape index (κ2) is 9.52. The molecule has 4 fully saturated rings. The van der Waals surface area contributed by atoms with Crippen LogP contribution >= 0.6 is 0 Å². The number of ether oxygens (including phenoxy) is 1. The highest BCUT2D eigenvalue weighted by Gasteiger charge is 2.45. The maximum absolute atomic E-state index is 13.0. The van der Waals surface area contributed by atoms with E-state index < -0.39 is 5.97 Å². The van der Waals surface area contributed by atoms with Crippen molar-refractivity contribution in [3.63, 3.8) is 0 Å². The first-order valence-corrected chi connectivity index (χ1v) is 12.5. The van der Waals surface area contributed by atoms with Crippen molar-refractivity contribution < 1.29 is 19.4 Å². The van der Waals surface area contributed by atoms with E-state index in [1.807, 2.05) is 0 Å². The molecule has 0 bridgehead atoms. The number of likely N-dealkylation sites (tertiary alicyclic amines) is 2. The molecule has 4 aliphatic rings. The third-order valence-electron chi connectivity index (χ3n) is 8.48. The monoisotopic (exact) mass is 440 g/mol. The summed E-state index contributed by atoms with van der Waals surface area (Å²) in [6.07, 6.45) is 6.84. The molecule has 1 N–H and O–H groups in total. The standard InChI is InChI=1S/C26H36N2O4/c29-25(20-10-14-32-15-11-20)28-16-21-7-8-22(23(21)17-28)19-5-3-18(4-6-19)9-13-27-12-1-2-24(27)26(30)31/h3-6,20-24H,1-2,7-17H2,(H,30,31)/t21-,22+,23+,24+/m1/s1. The lowest BCUT2D eigenvalue weighted by Crippen LogP contribution is -2.37. The molecule has 0 radical (unpaired) electrons. The molecular weight excluding hydrogens is 404 g/mol. The largest absolute Gasteiger partial charge is 0.480 e. The molecule has 4 atom stereocenters. The van der Waals surface area contributed by atoms with Gasteiger partial charge in [0.1, 0.15) is 6.04 Å². The maximum atomic E-state index is 13.0. The molecule has 1 aromatic carbocycles. The van der Waals surface area contributed by atoms with E-state index in [1.54, 1.807) is 0 Å². The van der Waals surface area contributed by atoms with E-state index in [0.717, 1.165) is 71.5 Å². The van der Waals surface area contributed by atoms with Gasteiger partial charge in [0, 0.05) is 38.8 Å². The van der Waals surface area contributed by atoms with Crippen LogP contribution in [0, 0.1) is 17.8 Å². The first-order chi connectivity index (χ1) is 15.6. The summed E-state index contributed by atoms with van der Waals surface area (Å²) in [5.74, 6) is 1.62. The normalized spacial score (nSPS) is 31.2. The van der Waals surface area contributed by atoms with E-state index in [4.69, 9.17) is 4.74 Å². The number of aliphatic carboxylic acids is 1. The van der Waals surface area contributed by atoms with Crippen LogP contribution in [0.3, 0.4) is 0 Å². The van der Waals surface area contributed by atoms with Gasteiger partial charge in [0.2, 0.25) is 5.91 Å². The van der Waals surface area contributed by atoms with E-state index in [0.29, 0.717) is 23.7 Å². The lowest BCUT2D eigenvalue weighted by atomic mass is 9.86. The van der Waals surface area contributed by atoms with E-state index in [2.05, 4.69) is 34.1 Å². The van der Waals surface area contributed by atoms with Gasteiger partial charge in [-0.05, 0) is 80.4 Å². The lowest BCUT2D eigenvalue weighted by Gasteiger charge is -2.27. The van der Waals surface area contributed by atoms with Crippen LogP contribution in [0.1, 0.15) is 55.6 Å². The number of carbonyl (C=O) groups is 2. The Morgan fingerprint density at radius 2 is 1.78 bits per heavy atom. The fourth-order valence-electron chi connectivity index (χ4n) is 6.64. The van der Waals surface area contributed by atoms with Crippen LogP contribution in [0.2, 0.25) is 0 Å². The Morgan fingerprint density at radius 3 is 2.53 bits per heavy atom. The quantitative estimate of drug-likeness (QED) is 0.736. The zero-order valence-corrected chi connectivity index (χ0v) is 19.0. The van der Waals surface area contributed by atoms with Crippen molar-refractivity contribution in [2.75, 3.05) is 39.4 Å². The van der Waals surface area contributed by atoms with Crippen molar-refractivity contribution in [2.45, 2.75) is 56.9 Å². The highest BCUT2D eigenvalue weighted by Crippen LogP contribution is 2.48. The van der Waals surface area contributed by atoms with Crippen LogP contribution in [0.4, 0.5) is 0 Å². The Bertz CT molecular complexity index is 820. The Labute approximate surface area is 190 Å². The number of nitrogens with zero attached hydrogens (tertiary/aromatic N) is 2. The van der Waals surface area contributed by atoms with Crippen molar-refractivity contribution >= 4 is 11.9 Å². The van der Waals surface area contributed by atoms with E-state index in [9.17, 15) is 14.7 Å². The molecule has 0 unspecified atom stereocenters. The Balaban J connectivity index is 1.17. The topological polar surface area (TPSA) is 70.1 Å². The minimum absolute atomic E-state index is 0.164. The van der Waals surface area contributed by atoms with Crippen LogP contribution in [0.5, 0.6) is 0 Å². The summed E-state index contributed by atoms with van der Waals surface area (Å²) in [4.78, 5) is 28.6. The van der Waals surface area contributed by atoms with Gasteiger partial charge in [-0.2, -0.15) is 0 Å². The average Bonchev–Trinajstić information content (AvgIpc) is 3.54. The van der Waals surface area contributed by atoms with Crippen molar-refractivity contribution in [2.24, 2.45) is 17.8 Å². The number of hydrogen-bond acceptors (Lipinski definition) is 4. The molecule has 5 rings (SSSR count). The highest BCUT2D eigenvalue weighted by atomic mass is 16.5. The lowest BCUT2D eigenvalue weighted by molar-refractivity contribution is -0.142. The molecule has 3 aliphatic heterocycles. The minimum atomic E-state index is -0.686. The van der Waals surface area contributed by atoms with E-state index in [-0.39, 0.29) is 12.0 Å². The Kier molecular flexibility index (Phi) is 6.51. The SMILES string of the molecule is O=C(O)[C@@H]1CCCN1CCc1ccc([C@@H]2CC[C@@H]3CN(C(=O)C4CCOCC4)C[C@@H]32)cc1. The Morgan fingerprint density at radius 1 is 1.00 bits per heavy atom. The van der Waals surface area contributed by atoms with E-state index in [1.165, 1.54) is 24.0 Å². The Hall–Kier alpha value is -1.92. The summed E-state index contributed by atoms with van der Waals surface area (Å²) in [7, 11) is 0. The molecule has 3 saturated heterocycles.